The third-order valence-electron chi connectivity index (χ3n) is 5.04. The normalized spacial score (nSPS) is 27.7. The molecule has 6 nitrogen and oxygen atoms in total. The molecular formula is C17H24N4O2S. The molecule has 130 valence electrons. The van der Waals surface area contributed by atoms with Crippen molar-refractivity contribution in [2.75, 3.05) is 19.7 Å². The molecule has 2 aliphatic rings. The highest BCUT2D eigenvalue weighted by molar-refractivity contribution is 7.15. The van der Waals surface area contributed by atoms with E-state index in [4.69, 9.17) is 4.74 Å². The van der Waals surface area contributed by atoms with E-state index in [0.29, 0.717) is 24.5 Å². The van der Waals surface area contributed by atoms with Crippen molar-refractivity contribution >= 4 is 22.2 Å². The number of morpholine rings is 1. The molecule has 0 aliphatic carbocycles. The Kier molecular flexibility index (Phi) is 4.32. The Balaban J connectivity index is 1.31. The molecule has 2 fully saturated rings. The first kappa shape index (κ1) is 16.1. The molecule has 2 saturated heterocycles. The highest BCUT2D eigenvalue weighted by Gasteiger charge is 2.38. The SMILES string of the molecule is CC(C)[C@H]1CN2C[C@H](NC(=O)Cc3cn4ccsc4n3)C[C@H]2CO1. The number of nitrogens with one attached hydrogen (secondary N) is 1. The third-order valence-corrected chi connectivity index (χ3v) is 5.81. The van der Waals surface area contributed by atoms with E-state index in [-0.39, 0.29) is 11.9 Å². The number of carbonyl (C=O) groups is 1. The molecule has 4 rings (SSSR count). The zero-order valence-corrected chi connectivity index (χ0v) is 15.0. The summed E-state index contributed by atoms with van der Waals surface area (Å²) < 4.78 is 7.93. The number of aromatic nitrogens is 2. The molecule has 0 spiro atoms. The summed E-state index contributed by atoms with van der Waals surface area (Å²) in [6, 6.07) is 0.670. The van der Waals surface area contributed by atoms with E-state index in [1.807, 2.05) is 22.2 Å². The van der Waals surface area contributed by atoms with Gasteiger partial charge in [0, 0.05) is 42.9 Å². The van der Waals surface area contributed by atoms with Crippen molar-refractivity contribution in [2.45, 2.75) is 44.9 Å². The minimum atomic E-state index is 0.0620. The Morgan fingerprint density at radius 2 is 2.38 bits per heavy atom. The molecule has 2 aromatic heterocycles. The van der Waals surface area contributed by atoms with E-state index in [0.717, 1.165) is 36.8 Å². The Bertz CT molecular complexity index is 697. The second-order valence-corrected chi connectivity index (χ2v) is 8.10. The number of ether oxygens (including phenoxy) is 1. The Morgan fingerprint density at radius 3 is 3.17 bits per heavy atom. The van der Waals surface area contributed by atoms with Gasteiger partial charge in [-0.05, 0) is 12.3 Å². The van der Waals surface area contributed by atoms with Gasteiger partial charge in [-0.15, -0.1) is 11.3 Å². The molecule has 1 amide bonds. The zero-order valence-electron chi connectivity index (χ0n) is 14.1. The van der Waals surface area contributed by atoms with E-state index in [1.54, 1.807) is 11.3 Å². The lowest BCUT2D eigenvalue weighted by Gasteiger charge is -2.36. The summed E-state index contributed by atoms with van der Waals surface area (Å²) in [6.45, 7) is 7.10. The maximum absolute atomic E-state index is 12.3. The highest BCUT2D eigenvalue weighted by Crippen LogP contribution is 2.25. The second kappa shape index (κ2) is 6.46. The van der Waals surface area contributed by atoms with Crippen molar-refractivity contribution in [2.24, 2.45) is 5.92 Å². The minimum absolute atomic E-state index is 0.0620. The molecule has 1 N–H and O–H groups in total. The first-order chi connectivity index (χ1) is 11.6. The van der Waals surface area contributed by atoms with Gasteiger partial charge in [0.1, 0.15) is 0 Å². The minimum Gasteiger partial charge on any atom is -0.375 e. The largest absolute Gasteiger partial charge is 0.375 e. The van der Waals surface area contributed by atoms with Crippen LogP contribution in [0.3, 0.4) is 0 Å². The number of rotatable bonds is 4. The summed E-state index contributed by atoms with van der Waals surface area (Å²) in [5.41, 5.74) is 0.832. The summed E-state index contributed by atoms with van der Waals surface area (Å²) in [4.78, 5) is 20.2. The van der Waals surface area contributed by atoms with Crippen molar-refractivity contribution in [3.8, 4) is 0 Å². The molecule has 4 heterocycles. The first-order valence-corrected chi connectivity index (χ1v) is 9.52. The van der Waals surface area contributed by atoms with E-state index < -0.39 is 0 Å². The molecule has 3 atom stereocenters. The predicted octanol–water partition coefficient (Wildman–Crippen LogP) is 1.55. The van der Waals surface area contributed by atoms with Crippen LogP contribution in [0.5, 0.6) is 0 Å². The lowest BCUT2D eigenvalue weighted by atomic mass is 10.0. The van der Waals surface area contributed by atoms with Crippen LogP contribution < -0.4 is 5.32 Å². The van der Waals surface area contributed by atoms with Gasteiger partial charge in [0.05, 0.1) is 24.8 Å². The van der Waals surface area contributed by atoms with Crippen molar-refractivity contribution in [3.05, 3.63) is 23.5 Å². The standard InChI is InChI=1S/C17H24N4O2S/c1-11(2)15-9-21-8-12(5-14(21)10-23-15)18-16(22)6-13-7-20-3-4-24-17(20)19-13/h3-4,7,11-12,14-15H,5-6,8-10H2,1-2H3,(H,18,22)/t12-,14+,15-/m1/s1. The van der Waals surface area contributed by atoms with Gasteiger partial charge in [0.25, 0.3) is 0 Å². The smallest absolute Gasteiger partial charge is 0.226 e. The van der Waals surface area contributed by atoms with E-state index in [1.165, 1.54) is 0 Å². The van der Waals surface area contributed by atoms with Gasteiger partial charge in [0.15, 0.2) is 4.96 Å². The summed E-state index contributed by atoms with van der Waals surface area (Å²) in [5, 5.41) is 5.18. The van der Waals surface area contributed by atoms with Gasteiger partial charge in [-0.2, -0.15) is 0 Å². The van der Waals surface area contributed by atoms with Gasteiger partial charge < -0.3 is 10.1 Å². The second-order valence-electron chi connectivity index (χ2n) is 7.23. The van der Waals surface area contributed by atoms with Gasteiger partial charge in [-0.3, -0.25) is 14.1 Å². The lowest BCUT2D eigenvalue weighted by molar-refractivity contribution is -0.121. The highest BCUT2D eigenvalue weighted by atomic mass is 32.1. The average molecular weight is 348 g/mol. The van der Waals surface area contributed by atoms with Gasteiger partial charge in [-0.1, -0.05) is 13.8 Å². The van der Waals surface area contributed by atoms with Gasteiger partial charge >= 0.3 is 0 Å². The van der Waals surface area contributed by atoms with Gasteiger partial charge in [-0.25, -0.2) is 4.98 Å². The number of nitrogens with zero attached hydrogens (tertiary/aromatic N) is 3. The van der Waals surface area contributed by atoms with Crippen LogP contribution in [0.1, 0.15) is 26.0 Å². The fraction of sp³-hybridized carbons (Fsp3) is 0.647. The van der Waals surface area contributed by atoms with Crippen LogP contribution in [0.2, 0.25) is 0 Å². The maximum Gasteiger partial charge on any atom is 0.226 e. The quantitative estimate of drug-likeness (QED) is 0.911. The number of thiazole rings is 1. The number of imidazole rings is 1. The molecule has 0 saturated carbocycles. The molecule has 0 radical (unpaired) electrons. The Morgan fingerprint density at radius 1 is 1.50 bits per heavy atom. The number of amides is 1. The molecule has 2 aliphatic heterocycles. The fourth-order valence-corrected chi connectivity index (χ4v) is 4.43. The van der Waals surface area contributed by atoms with E-state index >= 15 is 0 Å². The van der Waals surface area contributed by atoms with Crippen molar-refractivity contribution in [3.63, 3.8) is 0 Å². The van der Waals surface area contributed by atoms with E-state index in [2.05, 4.69) is 29.0 Å². The molecule has 24 heavy (non-hydrogen) atoms. The molecule has 7 heteroatoms. The molecule has 0 aromatic carbocycles. The molecular weight excluding hydrogens is 324 g/mol. The fourth-order valence-electron chi connectivity index (χ4n) is 3.71. The summed E-state index contributed by atoms with van der Waals surface area (Å²) in [5.74, 6) is 0.598. The van der Waals surface area contributed by atoms with Crippen LogP contribution in [0.15, 0.2) is 17.8 Å². The topological polar surface area (TPSA) is 58.9 Å². The first-order valence-electron chi connectivity index (χ1n) is 8.64. The van der Waals surface area contributed by atoms with Crippen molar-refractivity contribution < 1.29 is 9.53 Å². The molecule has 0 unspecified atom stereocenters. The van der Waals surface area contributed by atoms with Crippen LogP contribution in [-0.4, -0.2) is 58.1 Å². The van der Waals surface area contributed by atoms with Gasteiger partial charge in [0.2, 0.25) is 5.91 Å². The number of hydrogen-bond donors (Lipinski definition) is 1. The van der Waals surface area contributed by atoms with Crippen molar-refractivity contribution in [1.82, 2.24) is 19.6 Å². The summed E-state index contributed by atoms with van der Waals surface area (Å²) in [7, 11) is 0. The predicted molar refractivity (Wildman–Crippen MR) is 93.3 cm³/mol. The van der Waals surface area contributed by atoms with Crippen LogP contribution in [-0.2, 0) is 16.0 Å². The monoisotopic (exact) mass is 348 g/mol. The van der Waals surface area contributed by atoms with Crippen LogP contribution in [0.25, 0.3) is 4.96 Å². The number of fused-ring (bicyclic) bond motifs is 2. The van der Waals surface area contributed by atoms with Crippen LogP contribution >= 0.6 is 11.3 Å². The zero-order chi connectivity index (χ0) is 16.7. The third kappa shape index (κ3) is 3.20. The van der Waals surface area contributed by atoms with Crippen molar-refractivity contribution in [1.29, 1.82) is 0 Å². The molecule has 0 bridgehead atoms. The summed E-state index contributed by atoms with van der Waals surface area (Å²) in [6.07, 6.45) is 5.54. The number of hydrogen-bond acceptors (Lipinski definition) is 5. The van der Waals surface area contributed by atoms with Crippen LogP contribution in [0, 0.1) is 5.92 Å². The lowest BCUT2D eigenvalue weighted by Crippen LogP contribution is -2.48. The van der Waals surface area contributed by atoms with E-state index in [9.17, 15) is 4.79 Å². The average Bonchev–Trinajstić information content (AvgIpc) is 3.19. The number of carbonyl (C=O) groups excluding carboxylic acids is 1. The van der Waals surface area contributed by atoms with Crippen LogP contribution in [0.4, 0.5) is 0 Å². The summed E-state index contributed by atoms with van der Waals surface area (Å²) >= 11 is 1.58. The Labute approximate surface area is 145 Å². The Hall–Kier alpha value is -1.44. The maximum atomic E-state index is 12.3. The molecule has 2 aromatic rings.